The van der Waals surface area contributed by atoms with Crippen LogP contribution in [-0.4, -0.2) is 52.5 Å². The van der Waals surface area contributed by atoms with Gasteiger partial charge < -0.3 is 9.80 Å². The molecule has 0 bridgehead atoms. The van der Waals surface area contributed by atoms with Crippen molar-refractivity contribution in [2.24, 2.45) is 5.92 Å². The van der Waals surface area contributed by atoms with Crippen molar-refractivity contribution < 1.29 is 9.59 Å². The van der Waals surface area contributed by atoms with Gasteiger partial charge in [-0.05, 0) is 43.5 Å². The number of carbonyl (C=O) groups is 2. The second-order valence-corrected chi connectivity index (χ2v) is 8.60. The number of nitrogens with one attached hydrogen (secondary N) is 1. The predicted octanol–water partition coefficient (Wildman–Crippen LogP) is 3.53. The lowest BCUT2D eigenvalue weighted by Gasteiger charge is -2.46. The lowest BCUT2D eigenvalue weighted by molar-refractivity contribution is -0.136. The van der Waals surface area contributed by atoms with Gasteiger partial charge in [-0.2, -0.15) is 0 Å². The quantitative estimate of drug-likeness (QED) is 0.854. The number of nitrogens with zero attached hydrogens (tertiary/aromatic N) is 2. The summed E-state index contributed by atoms with van der Waals surface area (Å²) >= 11 is 5.93. The molecule has 0 aromatic heterocycles. The van der Waals surface area contributed by atoms with E-state index in [9.17, 15) is 9.59 Å². The van der Waals surface area contributed by atoms with Crippen LogP contribution in [0.2, 0.25) is 5.02 Å². The molecule has 1 aromatic rings. The first-order valence-corrected chi connectivity index (χ1v) is 10.3. The Morgan fingerprint density at radius 3 is 2.33 bits per heavy atom. The number of amides is 2. The molecule has 0 aliphatic carbocycles. The molecule has 2 amide bonds. The zero-order valence-electron chi connectivity index (χ0n) is 16.7. The topological polar surface area (TPSA) is 52.7 Å². The van der Waals surface area contributed by atoms with Crippen LogP contribution >= 0.6 is 11.6 Å². The Balaban J connectivity index is 1.76. The van der Waals surface area contributed by atoms with Crippen LogP contribution in [0.3, 0.4) is 0 Å². The molecule has 3 rings (SSSR count). The Bertz CT molecular complexity index is 696. The summed E-state index contributed by atoms with van der Waals surface area (Å²) in [4.78, 5) is 29.8. The van der Waals surface area contributed by atoms with Crippen LogP contribution < -0.4 is 5.32 Å². The SMILES string of the molecule is CCC(C)N1C(=O)C(C(C)C)NC12CCN(C(=O)c1ccc(Cl)cc1)CC2. The zero-order chi connectivity index (χ0) is 19.8. The summed E-state index contributed by atoms with van der Waals surface area (Å²) in [5, 5.41) is 4.28. The van der Waals surface area contributed by atoms with E-state index >= 15 is 0 Å². The maximum absolute atomic E-state index is 13.1. The lowest BCUT2D eigenvalue weighted by Crippen LogP contribution is -2.61. The van der Waals surface area contributed by atoms with Gasteiger partial charge >= 0.3 is 0 Å². The average molecular weight is 392 g/mol. The fourth-order valence-corrected chi connectivity index (χ4v) is 4.42. The van der Waals surface area contributed by atoms with E-state index in [1.807, 2.05) is 4.90 Å². The van der Waals surface area contributed by atoms with Crippen molar-refractivity contribution in [3.8, 4) is 0 Å². The maximum atomic E-state index is 13.1. The van der Waals surface area contributed by atoms with Gasteiger partial charge in [0, 0.05) is 42.6 Å². The minimum atomic E-state index is -0.335. The molecule has 0 saturated carbocycles. The number of piperidine rings is 1. The molecule has 1 N–H and O–H groups in total. The highest BCUT2D eigenvalue weighted by molar-refractivity contribution is 6.30. The summed E-state index contributed by atoms with van der Waals surface area (Å²) in [5.41, 5.74) is 0.322. The van der Waals surface area contributed by atoms with Crippen LogP contribution in [-0.2, 0) is 4.79 Å². The molecular formula is C21H30ClN3O2. The van der Waals surface area contributed by atoms with Gasteiger partial charge in [0.2, 0.25) is 5.91 Å². The molecular weight excluding hydrogens is 362 g/mol. The highest BCUT2D eigenvalue weighted by atomic mass is 35.5. The molecule has 27 heavy (non-hydrogen) atoms. The fraction of sp³-hybridized carbons (Fsp3) is 0.619. The molecule has 2 atom stereocenters. The molecule has 148 valence electrons. The summed E-state index contributed by atoms with van der Waals surface area (Å²) in [6.45, 7) is 9.69. The third-order valence-corrected chi connectivity index (χ3v) is 6.31. The number of carbonyl (C=O) groups excluding carboxylic acids is 2. The van der Waals surface area contributed by atoms with Crippen molar-refractivity contribution in [1.29, 1.82) is 0 Å². The van der Waals surface area contributed by atoms with Crippen LogP contribution in [0, 0.1) is 5.92 Å². The van der Waals surface area contributed by atoms with Crippen molar-refractivity contribution in [2.75, 3.05) is 13.1 Å². The van der Waals surface area contributed by atoms with E-state index in [0.717, 1.165) is 19.3 Å². The van der Waals surface area contributed by atoms with Gasteiger partial charge in [0.05, 0.1) is 11.7 Å². The van der Waals surface area contributed by atoms with Crippen LogP contribution in [0.5, 0.6) is 0 Å². The van der Waals surface area contributed by atoms with Gasteiger partial charge in [-0.1, -0.05) is 32.4 Å². The van der Waals surface area contributed by atoms with Gasteiger partial charge in [-0.25, -0.2) is 0 Å². The van der Waals surface area contributed by atoms with E-state index in [0.29, 0.717) is 23.7 Å². The largest absolute Gasteiger partial charge is 0.338 e. The predicted molar refractivity (Wildman–Crippen MR) is 108 cm³/mol. The maximum Gasteiger partial charge on any atom is 0.253 e. The first-order chi connectivity index (χ1) is 12.8. The van der Waals surface area contributed by atoms with E-state index < -0.39 is 0 Å². The first kappa shape index (κ1) is 20.2. The third-order valence-electron chi connectivity index (χ3n) is 6.06. The van der Waals surface area contributed by atoms with Crippen LogP contribution in [0.15, 0.2) is 24.3 Å². The average Bonchev–Trinajstić information content (AvgIpc) is 2.94. The Kier molecular flexibility index (Phi) is 5.82. The first-order valence-electron chi connectivity index (χ1n) is 9.95. The molecule has 1 aromatic carbocycles. The summed E-state index contributed by atoms with van der Waals surface area (Å²) in [5.74, 6) is 0.482. The van der Waals surface area contributed by atoms with E-state index in [4.69, 9.17) is 11.6 Å². The molecule has 1 spiro atoms. The zero-order valence-corrected chi connectivity index (χ0v) is 17.4. The van der Waals surface area contributed by atoms with E-state index in [1.165, 1.54) is 0 Å². The highest BCUT2D eigenvalue weighted by Crippen LogP contribution is 2.36. The number of rotatable bonds is 4. The molecule has 2 aliphatic heterocycles. The normalized spacial score (nSPS) is 23.3. The Morgan fingerprint density at radius 2 is 1.81 bits per heavy atom. The lowest BCUT2D eigenvalue weighted by atomic mass is 9.93. The van der Waals surface area contributed by atoms with Crippen molar-refractivity contribution in [3.05, 3.63) is 34.9 Å². The third kappa shape index (κ3) is 3.72. The minimum absolute atomic E-state index is 0.0290. The second kappa shape index (κ2) is 7.80. The van der Waals surface area contributed by atoms with Gasteiger partial charge in [-0.3, -0.25) is 14.9 Å². The van der Waals surface area contributed by atoms with Gasteiger partial charge in [0.15, 0.2) is 0 Å². The fourth-order valence-electron chi connectivity index (χ4n) is 4.29. The molecule has 5 nitrogen and oxygen atoms in total. The van der Waals surface area contributed by atoms with E-state index in [-0.39, 0.29) is 35.5 Å². The van der Waals surface area contributed by atoms with E-state index in [1.54, 1.807) is 24.3 Å². The number of hydrogen-bond acceptors (Lipinski definition) is 3. The summed E-state index contributed by atoms with van der Waals surface area (Å²) in [6, 6.07) is 7.08. The highest BCUT2D eigenvalue weighted by Gasteiger charge is 2.53. The summed E-state index contributed by atoms with van der Waals surface area (Å²) in [7, 11) is 0. The molecule has 6 heteroatoms. The van der Waals surface area contributed by atoms with Crippen molar-refractivity contribution in [2.45, 2.75) is 64.7 Å². The number of benzene rings is 1. The smallest absolute Gasteiger partial charge is 0.253 e. The van der Waals surface area contributed by atoms with Crippen LogP contribution in [0.25, 0.3) is 0 Å². The monoisotopic (exact) mass is 391 g/mol. The van der Waals surface area contributed by atoms with Crippen molar-refractivity contribution in [3.63, 3.8) is 0 Å². The van der Waals surface area contributed by atoms with Crippen LogP contribution in [0.4, 0.5) is 0 Å². The Labute approximate surface area is 167 Å². The second-order valence-electron chi connectivity index (χ2n) is 8.16. The molecule has 0 radical (unpaired) electrons. The van der Waals surface area contributed by atoms with Crippen molar-refractivity contribution >= 4 is 23.4 Å². The number of hydrogen-bond donors (Lipinski definition) is 1. The molecule has 2 heterocycles. The Hall–Kier alpha value is -1.59. The number of likely N-dealkylation sites (tertiary alicyclic amines) is 1. The van der Waals surface area contributed by atoms with Gasteiger partial charge in [0.25, 0.3) is 5.91 Å². The van der Waals surface area contributed by atoms with Crippen LogP contribution in [0.1, 0.15) is 57.3 Å². The van der Waals surface area contributed by atoms with E-state index in [2.05, 4.69) is 37.9 Å². The van der Waals surface area contributed by atoms with Gasteiger partial charge in [0.1, 0.15) is 0 Å². The standard InChI is InChI=1S/C21H30ClN3O2/c1-5-15(4)25-20(27)18(14(2)3)23-21(25)10-12-24(13-11-21)19(26)16-6-8-17(22)9-7-16/h6-9,14-15,18,23H,5,10-13H2,1-4H3. The Morgan fingerprint density at radius 1 is 1.22 bits per heavy atom. The van der Waals surface area contributed by atoms with Crippen molar-refractivity contribution in [1.82, 2.24) is 15.1 Å². The summed E-state index contributed by atoms with van der Waals surface area (Å²) in [6.07, 6.45) is 2.44. The molecule has 2 unspecified atom stereocenters. The molecule has 2 aliphatic rings. The summed E-state index contributed by atoms with van der Waals surface area (Å²) < 4.78 is 0. The van der Waals surface area contributed by atoms with Gasteiger partial charge in [-0.15, -0.1) is 0 Å². The number of halogens is 1. The minimum Gasteiger partial charge on any atom is -0.338 e. The molecule has 2 saturated heterocycles. The molecule has 2 fully saturated rings.